The minimum atomic E-state index is 0.254. The summed E-state index contributed by atoms with van der Waals surface area (Å²) in [5.74, 6) is 3.58. The SMILES string of the molecule is CCCOc1ccccc1-c1nc(NCc2ccc3c(c2)OCO3)c2cc(Cl)ccc2n1. The Balaban J connectivity index is 1.52. The third kappa shape index (κ3) is 4.14. The number of ether oxygens (including phenoxy) is 3. The largest absolute Gasteiger partial charge is 0.493 e. The fourth-order valence-corrected chi connectivity index (χ4v) is 3.75. The van der Waals surface area contributed by atoms with Crippen molar-refractivity contribution in [1.82, 2.24) is 9.97 Å². The van der Waals surface area contributed by atoms with Gasteiger partial charge in [0.2, 0.25) is 6.79 Å². The fraction of sp³-hybridized carbons (Fsp3) is 0.200. The number of rotatable bonds is 7. The topological polar surface area (TPSA) is 65.5 Å². The van der Waals surface area contributed by atoms with Crippen LogP contribution in [0.5, 0.6) is 17.2 Å². The Morgan fingerprint density at radius 2 is 1.88 bits per heavy atom. The number of hydrogen-bond acceptors (Lipinski definition) is 6. The molecule has 3 aromatic carbocycles. The van der Waals surface area contributed by atoms with Gasteiger partial charge < -0.3 is 19.5 Å². The Labute approximate surface area is 191 Å². The lowest BCUT2D eigenvalue weighted by Crippen LogP contribution is -2.05. The van der Waals surface area contributed by atoms with Crippen LogP contribution < -0.4 is 19.5 Å². The summed E-state index contributed by atoms with van der Waals surface area (Å²) in [6.07, 6.45) is 0.924. The normalized spacial score (nSPS) is 12.2. The second-order valence-electron chi connectivity index (χ2n) is 7.44. The molecule has 1 aromatic heterocycles. The molecule has 0 unspecified atom stereocenters. The predicted octanol–water partition coefficient (Wildman–Crippen LogP) is 6.08. The first-order valence-corrected chi connectivity index (χ1v) is 10.9. The summed E-state index contributed by atoms with van der Waals surface area (Å²) in [5.41, 5.74) is 2.71. The highest BCUT2D eigenvalue weighted by Gasteiger charge is 2.16. The molecule has 32 heavy (non-hydrogen) atoms. The molecule has 0 radical (unpaired) electrons. The highest BCUT2D eigenvalue weighted by Crippen LogP contribution is 2.34. The van der Waals surface area contributed by atoms with Crippen molar-refractivity contribution in [2.45, 2.75) is 19.9 Å². The van der Waals surface area contributed by atoms with Gasteiger partial charge in [-0.2, -0.15) is 0 Å². The molecule has 0 saturated carbocycles. The number of nitrogens with one attached hydrogen (secondary N) is 1. The fourth-order valence-electron chi connectivity index (χ4n) is 3.58. The summed E-state index contributed by atoms with van der Waals surface area (Å²) in [5, 5.41) is 4.93. The van der Waals surface area contributed by atoms with Crippen LogP contribution in [0.3, 0.4) is 0 Å². The summed E-state index contributed by atoms with van der Waals surface area (Å²) < 4.78 is 16.8. The quantitative estimate of drug-likeness (QED) is 0.370. The van der Waals surface area contributed by atoms with Crippen molar-refractivity contribution in [3.05, 3.63) is 71.2 Å². The molecule has 1 aliphatic rings. The molecule has 0 spiro atoms. The van der Waals surface area contributed by atoms with E-state index in [2.05, 4.69) is 12.2 Å². The molecule has 1 N–H and O–H groups in total. The van der Waals surface area contributed by atoms with E-state index < -0.39 is 0 Å². The summed E-state index contributed by atoms with van der Waals surface area (Å²) in [4.78, 5) is 9.64. The first kappa shape index (κ1) is 20.4. The molecule has 6 nitrogen and oxygen atoms in total. The van der Waals surface area contributed by atoms with E-state index in [0.29, 0.717) is 29.8 Å². The highest BCUT2D eigenvalue weighted by atomic mass is 35.5. The van der Waals surface area contributed by atoms with Gasteiger partial charge in [-0.15, -0.1) is 0 Å². The van der Waals surface area contributed by atoms with Crippen LogP contribution in [0.2, 0.25) is 5.02 Å². The van der Waals surface area contributed by atoms with Crippen molar-refractivity contribution >= 4 is 28.3 Å². The Morgan fingerprint density at radius 1 is 1.00 bits per heavy atom. The van der Waals surface area contributed by atoms with Crippen molar-refractivity contribution in [3.63, 3.8) is 0 Å². The number of anilines is 1. The number of hydrogen-bond donors (Lipinski definition) is 1. The van der Waals surface area contributed by atoms with Gasteiger partial charge in [-0.05, 0) is 54.4 Å². The molecule has 5 rings (SSSR count). The van der Waals surface area contributed by atoms with Crippen LogP contribution in [0.25, 0.3) is 22.3 Å². The predicted molar refractivity (Wildman–Crippen MR) is 126 cm³/mol. The van der Waals surface area contributed by atoms with Gasteiger partial charge in [0.25, 0.3) is 0 Å². The third-order valence-corrected chi connectivity index (χ3v) is 5.38. The molecule has 0 fully saturated rings. The molecule has 2 heterocycles. The molecular formula is C25H22ClN3O3. The third-order valence-electron chi connectivity index (χ3n) is 5.14. The van der Waals surface area contributed by atoms with E-state index in [1.54, 1.807) is 0 Å². The molecule has 0 bridgehead atoms. The van der Waals surface area contributed by atoms with Crippen LogP contribution in [0.4, 0.5) is 5.82 Å². The summed E-state index contributed by atoms with van der Waals surface area (Å²) in [6, 6.07) is 19.3. The monoisotopic (exact) mass is 447 g/mol. The Morgan fingerprint density at radius 3 is 2.78 bits per heavy atom. The van der Waals surface area contributed by atoms with E-state index in [0.717, 1.165) is 45.7 Å². The molecule has 0 amide bonds. The summed E-state index contributed by atoms with van der Waals surface area (Å²) >= 11 is 6.28. The standard InChI is InChI=1S/C25H22ClN3O3/c1-2-11-30-21-6-4-3-5-18(21)25-28-20-9-8-17(26)13-19(20)24(29-25)27-14-16-7-10-22-23(12-16)32-15-31-22/h3-10,12-13H,2,11,14-15H2,1H3,(H,27,28,29). The van der Waals surface area contributed by atoms with Crippen molar-refractivity contribution < 1.29 is 14.2 Å². The van der Waals surface area contributed by atoms with Gasteiger partial charge in [0.15, 0.2) is 17.3 Å². The Kier molecular flexibility index (Phi) is 5.69. The van der Waals surface area contributed by atoms with E-state index in [1.807, 2.05) is 60.7 Å². The van der Waals surface area contributed by atoms with Crippen LogP contribution in [-0.2, 0) is 6.54 Å². The molecule has 0 saturated heterocycles. The van der Waals surface area contributed by atoms with Crippen molar-refractivity contribution in [3.8, 4) is 28.6 Å². The molecule has 4 aromatic rings. The Hall–Kier alpha value is -3.51. The molecule has 7 heteroatoms. The van der Waals surface area contributed by atoms with E-state index >= 15 is 0 Å². The first-order chi connectivity index (χ1) is 15.7. The number of aromatic nitrogens is 2. The van der Waals surface area contributed by atoms with E-state index in [-0.39, 0.29) is 6.79 Å². The van der Waals surface area contributed by atoms with Crippen LogP contribution in [-0.4, -0.2) is 23.4 Å². The second-order valence-corrected chi connectivity index (χ2v) is 7.88. The number of fused-ring (bicyclic) bond motifs is 2. The van der Waals surface area contributed by atoms with E-state index in [1.165, 1.54) is 0 Å². The van der Waals surface area contributed by atoms with Crippen LogP contribution >= 0.6 is 11.6 Å². The lowest BCUT2D eigenvalue weighted by Gasteiger charge is -2.14. The first-order valence-electron chi connectivity index (χ1n) is 10.5. The lowest BCUT2D eigenvalue weighted by molar-refractivity contribution is 0.174. The summed E-state index contributed by atoms with van der Waals surface area (Å²) in [7, 11) is 0. The summed E-state index contributed by atoms with van der Waals surface area (Å²) in [6.45, 7) is 3.53. The van der Waals surface area contributed by atoms with Gasteiger partial charge >= 0.3 is 0 Å². The maximum atomic E-state index is 6.28. The van der Waals surface area contributed by atoms with E-state index in [9.17, 15) is 0 Å². The number of halogens is 1. The van der Waals surface area contributed by atoms with Crippen LogP contribution in [0.15, 0.2) is 60.7 Å². The van der Waals surface area contributed by atoms with Crippen molar-refractivity contribution in [2.75, 3.05) is 18.7 Å². The maximum absolute atomic E-state index is 6.28. The minimum absolute atomic E-state index is 0.254. The Bertz CT molecular complexity index is 1280. The van der Waals surface area contributed by atoms with Gasteiger partial charge in [0.05, 0.1) is 17.7 Å². The molecule has 0 atom stereocenters. The van der Waals surface area contributed by atoms with Crippen molar-refractivity contribution in [2.24, 2.45) is 0 Å². The van der Waals surface area contributed by atoms with Gasteiger partial charge in [0, 0.05) is 17.0 Å². The van der Waals surface area contributed by atoms with E-state index in [4.69, 9.17) is 35.8 Å². The molecule has 162 valence electrons. The van der Waals surface area contributed by atoms with Crippen LogP contribution in [0, 0.1) is 0 Å². The molecule has 0 aliphatic carbocycles. The number of para-hydroxylation sites is 1. The smallest absolute Gasteiger partial charge is 0.231 e. The van der Waals surface area contributed by atoms with Gasteiger partial charge in [0.1, 0.15) is 11.6 Å². The van der Waals surface area contributed by atoms with Gasteiger partial charge in [-0.25, -0.2) is 9.97 Å². The lowest BCUT2D eigenvalue weighted by atomic mass is 10.1. The minimum Gasteiger partial charge on any atom is -0.493 e. The van der Waals surface area contributed by atoms with Gasteiger partial charge in [-0.3, -0.25) is 0 Å². The molecule has 1 aliphatic heterocycles. The highest BCUT2D eigenvalue weighted by molar-refractivity contribution is 6.31. The number of nitrogens with zero attached hydrogens (tertiary/aromatic N) is 2. The second kappa shape index (κ2) is 8.93. The van der Waals surface area contributed by atoms with Crippen molar-refractivity contribution in [1.29, 1.82) is 0 Å². The average molecular weight is 448 g/mol. The maximum Gasteiger partial charge on any atom is 0.231 e. The van der Waals surface area contributed by atoms with Crippen LogP contribution in [0.1, 0.15) is 18.9 Å². The average Bonchev–Trinajstić information content (AvgIpc) is 3.29. The zero-order chi connectivity index (χ0) is 21.9. The zero-order valence-corrected chi connectivity index (χ0v) is 18.4. The zero-order valence-electron chi connectivity index (χ0n) is 17.6. The molecular weight excluding hydrogens is 426 g/mol. The van der Waals surface area contributed by atoms with Gasteiger partial charge in [-0.1, -0.05) is 36.7 Å². The number of benzene rings is 3.